The van der Waals surface area contributed by atoms with E-state index in [1.54, 1.807) is 0 Å². The van der Waals surface area contributed by atoms with Crippen LogP contribution in [0.5, 0.6) is 0 Å². The SMILES string of the molecule is CC(C)(C)c1nc(C2CCC2)cc(N2CCN(CC[C@H]3C[C@H](NC(=O)[C@H]4CC[C@H](O)CC4)C3)CC2)n1. The molecule has 7 nitrogen and oxygen atoms in total. The van der Waals surface area contributed by atoms with E-state index < -0.39 is 0 Å². The molecule has 2 heterocycles. The van der Waals surface area contributed by atoms with Crippen molar-refractivity contribution in [1.29, 1.82) is 0 Å². The van der Waals surface area contributed by atoms with Gasteiger partial charge < -0.3 is 15.3 Å². The molecule has 1 saturated heterocycles. The minimum Gasteiger partial charge on any atom is -0.393 e. The summed E-state index contributed by atoms with van der Waals surface area (Å²) in [5.41, 5.74) is 1.22. The van der Waals surface area contributed by atoms with E-state index in [9.17, 15) is 9.90 Å². The van der Waals surface area contributed by atoms with Crippen molar-refractivity contribution in [2.45, 2.75) is 108 Å². The van der Waals surface area contributed by atoms with E-state index in [1.165, 1.54) is 31.4 Å². The van der Waals surface area contributed by atoms with Crippen LogP contribution in [0, 0.1) is 11.8 Å². The second-order valence-corrected chi connectivity index (χ2v) is 13.0. The summed E-state index contributed by atoms with van der Waals surface area (Å²) in [7, 11) is 0. The van der Waals surface area contributed by atoms with Crippen molar-refractivity contribution in [3.63, 3.8) is 0 Å². The number of anilines is 1. The third kappa shape index (κ3) is 6.21. The first-order valence-electron chi connectivity index (χ1n) is 14.6. The molecule has 0 bridgehead atoms. The van der Waals surface area contributed by atoms with Gasteiger partial charge in [0.25, 0.3) is 0 Å². The molecule has 1 aliphatic heterocycles. The van der Waals surface area contributed by atoms with Gasteiger partial charge in [-0.2, -0.15) is 0 Å². The van der Waals surface area contributed by atoms with Gasteiger partial charge in [0, 0.05) is 61.2 Å². The number of rotatable bonds is 7. The Balaban J connectivity index is 1.04. The minimum atomic E-state index is -0.198. The summed E-state index contributed by atoms with van der Waals surface area (Å²) < 4.78 is 0. The molecule has 1 aromatic heterocycles. The largest absolute Gasteiger partial charge is 0.393 e. The third-order valence-electron chi connectivity index (χ3n) is 9.13. The van der Waals surface area contributed by atoms with Gasteiger partial charge in [0.2, 0.25) is 5.91 Å². The molecule has 3 aliphatic carbocycles. The van der Waals surface area contributed by atoms with Crippen molar-refractivity contribution < 1.29 is 9.90 Å². The molecule has 7 heteroatoms. The van der Waals surface area contributed by atoms with E-state index in [2.05, 4.69) is 42.0 Å². The molecule has 4 aliphatic rings. The summed E-state index contributed by atoms with van der Waals surface area (Å²) in [5, 5.41) is 12.9. The molecule has 0 aromatic carbocycles. The number of nitrogens with zero attached hydrogens (tertiary/aromatic N) is 4. The van der Waals surface area contributed by atoms with Crippen LogP contribution in [0.3, 0.4) is 0 Å². The highest BCUT2D eigenvalue weighted by Gasteiger charge is 2.34. The zero-order valence-electron chi connectivity index (χ0n) is 22.7. The number of carbonyl (C=O) groups is 1. The number of aliphatic hydroxyl groups is 1. The Kier molecular flexibility index (Phi) is 7.87. The molecular formula is C29H47N5O2. The maximum absolute atomic E-state index is 12.5. The second kappa shape index (κ2) is 10.9. The molecule has 5 rings (SSSR count). The molecule has 0 radical (unpaired) electrons. The number of aromatic nitrogens is 2. The number of hydrogen-bond acceptors (Lipinski definition) is 6. The van der Waals surface area contributed by atoms with Gasteiger partial charge in [-0.1, -0.05) is 27.2 Å². The average Bonchev–Trinajstić information content (AvgIpc) is 2.79. The number of hydrogen-bond donors (Lipinski definition) is 2. The Hall–Kier alpha value is -1.73. The van der Waals surface area contributed by atoms with E-state index in [1.807, 2.05) is 0 Å². The monoisotopic (exact) mass is 497 g/mol. The average molecular weight is 498 g/mol. The van der Waals surface area contributed by atoms with Crippen molar-refractivity contribution in [2.24, 2.45) is 11.8 Å². The van der Waals surface area contributed by atoms with Crippen LogP contribution in [0.15, 0.2) is 6.07 Å². The standard InChI is InChI=1S/C29H47N5O2/c1-29(2,3)28-31-25(21-5-4-6-21)19-26(32-28)34-15-13-33(14-16-34)12-11-20-17-23(18-20)30-27(36)22-7-9-24(35)10-8-22/h19-24,35H,4-18H2,1-3H3,(H,30,36)/t20-,22-,23-,24-. The van der Waals surface area contributed by atoms with Gasteiger partial charge in [-0.15, -0.1) is 0 Å². The highest BCUT2D eigenvalue weighted by Crippen LogP contribution is 2.37. The fourth-order valence-corrected chi connectivity index (χ4v) is 6.18. The molecular weight excluding hydrogens is 450 g/mol. The number of carbonyl (C=O) groups excluding carboxylic acids is 1. The van der Waals surface area contributed by atoms with E-state index in [4.69, 9.17) is 9.97 Å². The molecule has 3 saturated carbocycles. The number of piperazine rings is 1. The zero-order valence-corrected chi connectivity index (χ0v) is 22.7. The fraction of sp³-hybridized carbons (Fsp3) is 0.828. The van der Waals surface area contributed by atoms with Crippen LogP contribution in [-0.2, 0) is 10.2 Å². The summed E-state index contributed by atoms with van der Waals surface area (Å²) >= 11 is 0. The van der Waals surface area contributed by atoms with Gasteiger partial charge in [0.05, 0.1) is 6.10 Å². The van der Waals surface area contributed by atoms with Gasteiger partial charge >= 0.3 is 0 Å². The lowest BCUT2D eigenvalue weighted by molar-refractivity contribution is -0.128. The van der Waals surface area contributed by atoms with Crippen molar-refractivity contribution in [3.05, 3.63) is 17.6 Å². The Morgan fingerprint density at radius 2 is 1.72 bits per heavy atom. The summed E-state index contributed by atoms with van der Waals surface area (Å²) in [6, 6.07) is 2.64. The smallest absolute Gasteiger partial charge is 0.223 e. The van der Waals surface area contributed by atoms with Gasteiger partial charge in [-0.05, 0) is 70.3 Å². The number of amides is 1. The minimum absolute atomic E-state index is 0.0324. The first-order chi connectivity index (χ1) is 17.2. The molecule has 0 atom stereocenters. The van der Waals surface area contributed by atoms with Gasteiger partial charge in [-0.25, -0.2) is 9.97 Å². The van der Waals surface area contributed by atoms with Gasteiger partial charge in [0.1, 0.15) is 11.6 Å². The maximum atomic E-state index is 12.5. The topological polar surface area (TPSA) is 81.6 Å². The normalized spacial score (nSPS) is 29.9. The first-order valence-corrected chi connectivity index (χ1v) is 14.6. The Morgan fingerprint density at radius 1 is 1.03 bits per heavy atom. The molecule has 0 spiro atoms. The zero-order chi connectivity index (χ0) is 25.3. The summed E-state index contributed by atoms with van der Waals surface area (Å²) in [6.07, 6.45) is 10.4. The fourth-order valence-electron chi connectivity index (χ4n) is 6.18. The summed E-state index contributed by atoms with van der Waals surface area (Å²) in [6.45, 7) is 12.0. The van der Waals surface area contributed by atoms with Crippen LogP contribution in [0.25, 0.3) is 0 Å². The lowest BCUT2D eigenvalue weighted by Crippen LogP contribution is -2.49. The number of nitrogens with one attached hydrogen (secondary N) is 1. The highest BCUT2D eigenvalue weighted by molar-refractivity contribution is 5.79. The highest BCUT2D eigenvalue weighted by atomic mass is 16.3. The summed E-state index contributed by atoms with van der Waals surface area (Å²) in [4.78, 5) is 27.6. The van der Waals surface area contributed by atoms with Gasteiger partial charge in [0.15, 0.2) is 0 Å². The maximum Gasteiger partial charge on any atom is 0.223 e. The molecule has 1 aromatic rings. The van der Waals surface area contributed by atoms with Crippen molar-refractivity contribution in [3.8, 4) is 0 Å². The van der Waals surface area contributed by atoms with Crippen LogP contribution in [-0.4, -0.2) is 70.8 Å². The van der Waals surface area contributed by atoms with Gasteiger partial charge in [-0.3, -0.25) is 9.69 Å². The van der Waals surface area contributed by atoms with Crippen LogP contribution < -0.4 is 10.2 Å². The molecule has 4 fully saturated rings. The Bertz CT molecular complexity index is 889. The lowest BCUT2D eigenvalue weighted by atomic mass is 9.77. The van der Waals surface area contributed by atoms with Crippen molar-refractivity contribution in [2.75, 3.05) is 37.6 Å². The predicted molar refractivity (Wildman–Crippen MR) is 143 cm³/mol. The number of aliphatic hydroxyl groups excluding tert-OH is 1. The van der Waals surface area contributed by atoms with E-state index in [0.717, 1.165) is 88.8 Å². The molecule has 0 unspecified atom stereocenters. The van der Waals surface area contributed by atoms with Crippen molar-refractivity contribution >= 4 is 11.7 Å². The second-order valence-electron chi connectivity index (χ2n) is 13.0. The third-order valence-corrected chi connectivity index (χ3v) is 9.13. The van der Waals surface area contributed by atoms with Crippen LogP contribution in [0.2, 0.25) is 0 Å². The summed E-state index contributed by atoms with van der Waals surface area (Å²) in [5.74, 6) is 3.81. The molecule has 1 amide bonds. The lowest BCUT2D eigenvalue weighted by Gasteiger charge is -2.40. The van der Waals surface area contributed by atoms with Crippen LogP contribution >= 0.6 is 0 Å². The quantitative estimate of drug-likeness (QED) is 0.593. The molecule has 200 valence electrons. The van der Waals surface area contributed by atoms with Crippen LogP contribution in [0.4, 0.5) is 5.82 Å². The van der Waals surface area contributed by atoms with E-state index >= 15 is 0 Å². The molecule has 2 N–H and O–H groups in total. The van der Waals surface area contributed by atoms with E-state index in [0.29, 0.717) is 12.0 Å². The van der Waals surface area contributed by atoms with Crippen molar-refractivity contribution in [1.82, 2.24) is 20.2 Å². The van der Waals surface area contributed by atoms with E-state index in [-0.39, 0.29) is 23.3 Å². The molecule has 36 heavy (non-hydrogen) atoms. The predicted octanol–water partition coefficient (Wildman–Crippen LogP) is 4.00. The Labute approximate surface area is 217 Å². The first kappa shape index (κ1) is 25.9. The Morgan fingerprint density at radius 3 is 2.33 bits per heavy atom. The van der Waals surface area contributed by atoms with Crippen LogP contribution in [0.1, 0.15) is 102 Å².